The van der Waals surface area contributed by atoms with Crippen molar-refractivity contribution in [1.82, 2.24) is 25.0 Å². The third-order valence-electron chi connectivity index (χ3n) is 6.21. The molecular formula is C17H27N5O. The molecule has 1 aromatic heterocycles. The fourth-order valence-corrected chi connectivity index (χ4v) is 4.71. The van der Waals surface area contributed by atoms with Crippen LogP contribution < -0.4 is 5.32 Å². The van der Waals surface area contributed by atoms with Crippen molar-refractivity contribution in [3.63, 3.8) is 0 Å². The van der Waals surface area contributed by atoms with Gasteiger partial charge in [0.2, 0.25) is 5.91 Å². The summed E-state index contributed by atoms with van der Waals surface area (Å²) < 4.78 is 1.91. The number of amides is 1. The number of carbonyl (C=O) groups excluding carboxylic acids is 1. The number of nitrogens with zero attached hydrogens (tertiary/aromatic N) is 4. The highest BCUT2D eigenvalue weighted by molar-refractivity contribution is 5.80. The second kappa shape index (κ2) is 6.23. The van der Waals surface area contributed by atoms with Crippen LogP contribution in [-0.4, -0.2) is 51.8 Å². The summed E-state index contributed by atoms with van der Waals surface area (Å²) in [6, 6.07) is 0. The summed E-state index contributed by atoms with van der Waals surface area (Å²) in [7, 11) is 0. The van der Waals surface area contributed by atoms with Crippen LogP contribution in [0.15, 0.2) is 12.7 Å². The maximum absolute atomic E-state index is 12.7. The molecule has 0 atom stereocenters. The number of nitrogens with one attached hydrogen (secondary N) is 1. The van der Waals surface area contributed by atoms with Crippen molar-refractivity contribution < 1.29 is 4.79 Å². The topological polar surface area (TPSA) is 63.1 Å². The summed E-state index contributed by atoms with van der Waals surface area (Å²) in [5.41, 5.74) is 0.497. The molecule has 0 aromatic carbocycles. The predicted octanol–water partition coefficient (Wildman–Crippen LogP) is 1.30. The summed E-state index contributed by atoms with van der Waals surface area (Å²) in [4.78, 5) is 18.8. The standard InChI is InChI=1S/C17H27N5O/c23-16(15-9-17(10-15)3-5-18-6-4-17)21-7-1-14(2-8-21)11-22-13-19-12-20-22/h12-15,18H,1-11H2. The van der Waals surface area contributed by atoms with Crippen molar-refractivity contribution in [2.75, 3.05) is 26.2 Å². The van der Waals surface area contributed by atoms with Crippen LogP contribution in [0.25, 0.3) is 0 Å². The molecule has 0 unspecified atom stereocenters. The largest absolute Gasteiger partial charge is 0.342 e. The summed E-state index contributed by atoms with van der Waals surface area (Å²) >= 11 is 0. The minimum atomic E-state index is 0.306. The first kappa shape index (κ1) is 15.1. The number of carbonyl (C=O) groups is 1. The Hall–Kier alpha value is -1.43. The van der Waals surface area contributed by atoms with E-state index in [-0.39, 0.29) is 0 Å². The highest BCUT2D eigenvalue weighted by Crippen LogP contribution is 2.52. The molecule has 4 rings (SSSR count). The number of rotatable bonds is 3. The normalized spacial score (nSPS) is 25.5. The molecule has 2 saturated heterocycles. The molecule has 126 valence electrons. The number of likely N-dealkylation sites (tertiary alicyclic amines) is 1. The van der Waals surface area contributed by atoms with Gasteiger partial charge in [0.1, 0.15) is 12.7 Å². The highest BCUT2D eigenvalue weighted by Gasteiger charge is 2.48. The van der Waals surface area contributed by atoms with E-state index >= 15 is 0 Å². The van der Waals surface area contributed by atoms with Gasteiger partial charge in [-0.1, -0.05) is 0 Å². The molecule has 1 aromatic rings. The molecule has 1 spiro atoms. The Bertz CT molecular complexity index is 521. The van der Waals surface area contributed by atoms with Crippen molar-refractivity contribution in [2.24, 2.45) is 17.3 Å². The van der Waals surface area contributed by atoms with E-state index in [0.717, 1.165) is 58.4 Å². The molecule has 3 heterocycles. The molecule has 1 aliphatic carbocycles. The zero-order valence-electron chi connectivity index (χ0n) is 13.8. The minimum absolute atomic E-state index is 0.306. The monoisotopic (exact) mass is 317 g/mol. The smallest absolute Gasteiger partial charge is 0.225 e. The van der Waals surface area contributed by atoms with Crippen molar-refractivity contribution in [3.05, 3.63) is 12.7 Å². The molecule has 6 nitrogen and oxygen atoms in total. The first-order valence-corrected chi connectivity index (χ1v) is 9.06. The van der Waals surface area contributed by atoms with E-state index in [1.165, 1.54) is 12.8 Å². The van der Waals surface area contributed by atoms with Gasteiger partial charge >= 0.3 is 0 Å². The summed E-state index contributed by atoms with van der Waals surface area (Å²) in [5.74, 6) is 1.35. The van der Waals surface area contributed by atoms with Gasteiger partial charge in [-0.2, -0.15) is 5.10 Å². The maximum atomic E-state index is 12.7. The Morgan fingerprint density at radius 3 is 2.61 bits per heavy atom. The quantitative estimate of drug-likeness (QED) is 0.913. The first-order chi connectivity index (χ1) is 11.2. The Morgan fingerprint density at radius 1 is 1.22 bits per heavy atom. The van der Waals surface area contributed by atoms with Gasteiger partial charge in [0.15, 0.2) is 0 Å². The zero-order valence-corrected chi connectivity index (χ0v) is 13.8. The molecule has 1 saturated carbocycles. The predicted molar refractivity (Wildman–Crippen MR) is 86.6 cm³/mol. The second-order valence-corrected chi connectivity index (χ2v) is 7.74. The Kier molecular flexibility index (Phi) is 4.09. The average molecular weight is 317 g/mol. The third-order valence-corrected chi connectivity index (χ3v) is 6.21. The van der Waals surface area contributed by atoms with Crippen molar-refractivity contribution in [1.29, 1.82) is 0 Å². The van der Waals surface area contributed by atoms with E-state index in [9.17, 15) is 4.79 Å². The summed E-state index contributed by atoms with van der Waals surface area (Å²) in [6.07, 6.45) is 10.3. The van der Waals surface area contributed by atoms with Crippen LogP contribution in [0.1, 0.15) is 38.5 Å². The Balaban J connectivity index is 1.23. The average Bonchev–Trinajstić information content (AvgIpc) is 3.06. The van der Waals surface area contributed by atoms with Crippen LogP contribution in [0.2, 0.25) is 0 Å². The first-order valence-electron chi connectivity index (χ1n) is 9.06. The second-order valence-electron chi connectivity index (χ2n) is 7.74. The molecule has 3 fully saturated rings. The lowest BCUT2D eigenvalue weighted by Gasteiger charge is -2.51. The molecular weight excluding hydrogens is 290 g/mol. The zero-order chi connectivity index (χ0) is 15.7. The number of hydrogen-bond acceptors (Lipinski definition) is 4. The fourth-order valence-electron chi connectivity index (χ4n) is 4.71. The maximum Gasteiger partial charge on any atom is 0.225 e. The van der Waals surface area contributed by atoms with Gasteiger partial charge in [-0.3, -0.25) is 9.48 Å². The molecule has 0 bridgehead atoms. The molecule has 23 heavy (non-hydrogen) atoms. The van der Waals surface area contributed by atoms with E-state index in [4.69, 9.17) is 0 Å². The van der Waals surface area contributed by atoms with E-state index in [2.05, 4.69) is 20.3 Å². The molecule has 1 amide bonds. The molecule has 0 radical (unpaired) electrons. The molecule has 1 N–H and O–H groups in total. The SMILES string of the molecule is O=C(C1CC2(CCNCC2)C1)N1CCC(Cn2cncn2)CC1. The van der Waals surface area contributed by atoms with E-state index in [0.29, 0.717) is 23.2 Å². The summed E-state index contributed by atoms with van der Waals surface area (Å²) in [5, 5.41) is 7.61. The van der Waals surface area contributed by atoms with Crippen LogP contribution in [-0.2, 0) is 11.3 Å². The highest BCUT2D eigenvalue weighted by atomic mass is 16.2. The van der Waals surface area contributed by atoms with Gasteiger partial charge in [-0.05, 0) is 62.9 Å². The van der Waals surface area contributed by atoms with Crippen LogP contribution >= 0.6 is 0 Å². The number of aromatic nitrogens is 3. The van der Waals surface area contributed by atoms with Gasteiger partial charge in [-0.25, -0.2) is 4.98 Å². The third kappa shape index (κ3) is 3.13. The van der Waals surface area contributed by atoms with Crippen molar-refractivity contribution in [3.8, 4) is 0 Å². The Morgan fingerprint density at radius 2 is 1.96 bits per heavy atom. The fraction of sp³-hybridized carbons (Fsp3) is 0.824. The van der Waals surface area contributed by atoms with E-state index < -0.39 is 0 Å². The number of hydrogen-bond donors (Lipinski definition) is 1. The van der Waals surface area contributed by atoms with E-state index in [1.807, 2.05) is 4.68 Å². The van der Waals surface area contributed by atoms with Crippen LogP contribution in [0.3, 0.4) is 0 Å². The summed E-state index contributed by atoms with van der Waals surface area (Å²) in [6.45, 7) is 5.04. The minimum Gasteiger partial charge on any atom is -0.342 e. The van der Waals surface area contributed by atoms with Gasteiger partial charge < -0.3 is 10.2 Å². The Labute approximate surface area is 137 Å². The molecule has 3 aliphatic rings. The lowest BCUT2D eigenvalue weighted by Crippen LogP contribution is -2.52. The van der Waals surface area contributed by atoms with Crippen LogP contribution in [0, 0.1) is 17.3 Å². The van der Waals surface area contributed by atoms with Crippen molar-refractivity contribution >= 4 is 5.91 Å². The van der Waals surface area contributed by atoms with Crippen molar-refractivity contribution in [2.45, 2.75) is 45.1 Å². The molecule has 6 heteroatoms. The van der Waals surface area contributed by atoms with Crippen LogP contribution in [0.4, 0.5) is 0 Å². The number of piperidine rings is 2. The van der Waals surface area contributed by atoms with E-state index in [1.54, 1.807) is 12.7 Å². The van der Waals surface area contributed by atoms with Gasteiger partial charge in [0, 0.05) is 25.6 Å². The lowest BCUT2D eigenvalue weighted by molar-refractivity contribution is -0.146. The van der Waals surface area contributed by atoms with Gasteiger partial charge in [-0.15, -0.1) is 0 Å². The van der Waals surface area contributed by atoms with Gasteiger partial charge in [0.05, 0.1) is 0 Å². The van der Waals surface area contributed by atoms with Crippen LogP contribution in [0.5, 0.6) is 0 Å². The molecule has 2 aliphatic heterocycles. The van der Waals surface area contributed by atoms with Gasteiger partial charge in [0.25, 0.3) is 0 Å². The lowest BCUT2D eigenvalue weighted by atomic mass is 9.57.